The first-order chi connectivity index (χ1) is 8.50. The van der Waals surface area contributed by atoms with Crippen molar-refractivity contribution in [2.24, 2.45) is 0 Å². The number of aryl methyl sites for hydroxylation is 2. The molecule has 2 rings (SSSR count). The number of hydrogen-bond donors (Lipinski definition) is 0. The van der Waals surface area contributed by atoms with Crippen LogP contribution in [0.4, 0.5) is 0 Å². The van der Waals surface area contributed by atoms with E-state index in [1.807, 2.05) is 0 Å². The van der Waals surface area contributed by atoms with Crippen LogP contribution in [0.15, 0.2) is 6.07 Å². The summed E-state index contributed by atoms with van der Waals surface area (Å²) >= 11 is 0. The van der Waals surface area contributed by atoms with Gasteiger partial charge in [0.15, 0.2) is 0 Å². The second-order valence-corrected chi connectivity index (χ2v) is 6.90. The van der Waals surface area contributed by atoms with E-state index in [-0.39, 0.29) is 18.9 Å². The molecule has 0 radical (unpaired) electrons. The van der Waals surface area contributed by atoms with Crippen molar-refractivity contribution in [2.45, 2.75) is 59.0 Å². The van der Waals surface area contributed by atoms with Crippen molar-refractivity contribution in [3.63, 3.8) is 0 Å². The number of hydrogen-bond acceptors (Lipinski definition) is 1. The molecule has 0 saturated heterocycles. The molecule has 1 nitrogen and oxygen atoms in total. The minimum Gasteiger partial charge on any atom is -0.456 e. The molecule has 1 fully saturated rings. The normalized spacial score (nSPS) is 16.0. The number of benzene rings is 1. The smallest absolute Gasteiger partial charge is 0.456 e. The molecule has 1 aliphatic rings. The van der Waals surface area contributed by atoms with Gasteiger partial charge in [-0.15, -0.1) is 0 Å². The molecule has 1 aromatic rings. The van der Waals surface area contributed by atoms with Crippen LogP contribution in [0.1, 0.15) is 58.3 Å². The van der Waals surface area contributed by atoms with Crippen LogP contribution in [-0.4, -0.2) is 11.2 Å². The average Bonchev–Trinajstić information content (AvgIpc) is 2.79. The Kier molecular flexibility index (Phi) is 6.32. The van der Waals surface area contributed by atoms with E-state index in [2.05, 4.69) is 33.8 Å². The standard InChI is InChI=1S/C16H22OP.Li/c1-10-9-11(2)13(4)15(12(10)3)16(17)18-14-7-5-6-8-14;/h9,14H,5-8H2,1-4H3;/q-1;+1. The SMILES string of the molecule is Cc1cc(C)c(C)c(C(=O)[P-]C2CCCC2)c1C.[Li+]. The molecule has 1 aliphatic carbocycles. The van der Waals surface area contributed by atoms with Crippen molar-refractivity contribution in [3.05, 3.63) is 33.9 Å². The van der Waals surface area contributed by atoms with Gasteiger partial charge in [0.05, 0.1) is 0 Å². The Bertz CT molecular complexity index is 450. The monoisotopic (exact) mass is 268 g/mol. The fourth-order valence-corrected chi connectivity index (χ4v) is 4.22. The molecule has 0 heterocycles. The third-order valence-electron chi connectivity index (χ3n) is 4.20. The van der Waals surface area contributed by atoms with E-state index < -0.39 is 0 Å². The third-order valence-corrected chi connectivity index (χ3v) is 5.54. The molecule has 1 aromatic carbocycles. The van der Waals surface area contributed by atoms with E-state index >= 15 is 0 Å². The first-order valence-electron chi connectivity index (χ1n) is 6.83. The van der Waals surface area contributed by atoms with Gasteiger partial charge in [0.1, 0.15) is 0 Å². The second-order valence-electron chi connectivity index (χ2n) is 5.51. The van der Waals surface area contributed by atoms with Crippen molar-refractivity contribution in [2.75, 3.05) is 0 Å². The number of carbonyl (C=O) groups is 1. The molecule has 0 unspecified atom stereocenters. The molecular formula is C16H22LiOP. The summed E-state index contributed by atoms with van der Waals surface area (Å²) in [6.07, 6.45) is 5.07. The van der Waals surface area contributed by atoms with Crippen LogP contribution in [0.25, 0.3) is 0 Å². The van der Waals surface area contributed by atoms with Gasteiger partial charge >= 0.3 is 18.9 Å². The quantitative estimate of drug-likeness (QED) is 0.605. The molecular weight excluding hydrogens is 246 g/mol. The summed E-state index contributed by atoms with van der Waals surface area (Å²) in [5.74, 6) is 0. The van der Waals surface area contributed by atoms with Crippen LogP contribution in [0.3, 0.4) is 0 Å². The maximum Gasteiger partial charge on any atom is 1.00 e. The third kappa shape index (κ3) is 3.72. The zero-order chi connectivity index (χ0) is 13.3. The Labute approximate surface area is 130 Å². The summed E-state index contributed by atoms with van der Waals surface area (Å²) in [7, 11) is 1.03. The zero-order valence-corrected chi connectivity index (χ0v) is 13.7. The largest absolute Gasteiger partial charge is 1.00 e. The van der Waals surface area contributed by atoms with Crippen molar-refractivity contribution in [1.29, 1.82) is 0 Å². The molecule has 0 atom stereocenters. The summed E-state index contributed by atoms with van der Waals surface area (Å²) in [6, 6.07) is 2.19. The average molecular weight is 268 g/mol. The molecule has 3 heteroatoms. The van der Waals surface area contributed by atoms with Crippen molar-refractivity contribution >= 4 is 14.1 Å². The fraction of sp³-hybridized carbons (Fsp3) is 0.562. The number of carbonyl (C=O) groups excluding carboxylic acids is 1. The fourth-order valence-electron chi connectivity index (χ4n) is 2.80. The Morgan fingerprint density at radius 2 is 1.53 bits per heavy atom. The van der Waals surface area contributed by atoms with E-state index in [1.54, 1.807) is 0 Å². The molecule has 0 spiro atoms. The summed E-state index contributed by atoms with van der Waals surface area (Å²) < 4.78 is 0. The van der Waals surface area contributed by atoms with E-state index in [4.69, 9.17) is 0 Å². The van der Waals surface area contributed by atoms with Gasteiger partial charge in [-0.25, -0.2) is 0 Å². The van der Waals surface area contributed by atoms with Crippen molar-refractivity contribution in [3.8, 4) is 0 Å². The van der Waals surface area contributed by atoms with E-state index in [0.717, 1.165) is 14.1 Å². The zero-order valence-electron chi connectivity index (χ0n) is 12.8. The Morgan fingerprint density at radius 1 is 1.05 bits per heavy atom. The minimum atomic E-state index is 0. The number of rotatable bonds is 3. The van der Waals surface area contributed by atoms with Crippen molar-refractivity contribution in [1.82, 2.24) is 0 Å². The molecule has 0 bridgehead atoms. The van der Waals surface area contributed by atoms with Crippen LogP contribution < -0.4 is 18.9 Å². The summed E-state index contributed by atoms with van der Waals surface area (Å²) in [5.41, 5.74) is 6.76. The molecule has 0 N–H and O–H groups in total. The topological polar surface area (TPSA) is 17.1 Å². The summed E-state index contributed by atoms with van der Waals surface area (Å²) in [6.45, 7) is 8.37. The predicted octanol–water partition coefficient (Wildman–Crippen LogP) is 1.95. The minimum absolute atomic E-state index is 0. The maximum absolute atomic E-state index is 12.5. The van der Waals surface area contributed by atoms with Crippen molar-refractivity contribution < 1.29 is 23.7 Å². The maximum atomic E-state index is 12.5. The Morgan fingerprint density at radius 3 is 2.00 bits per heavy atom. The van der Waals surface area contributed by atoms with Crippen LogP contribution in [-0.2, 0) is 0 Å². The van der Waals surface area contributed by atoms with Gasteiger partial charge < -0.3 is 13.4 Å². The predicted molar refractivity (Wildman–Crippen MR) is 78.9 cm³/mol. The molecule has 0 aromatic heterocycles. The van der Waals surface area contributed by atoms with E-state index in [9.17, 15) is 4.79 Å². The first kappa shape index (κ1) is 17.0. The van der Waals surface area contributed by atoms with Crippen LogP contribution in [0.2, 0.25) is 0 Å². The second kappa shape index (κ2) is 7.08. The van der Waals surface area contributed by atoms with Crippen LogP contribution >= 0.6 is 8.58 Å². The van der Waals surface area contributed by atoms with Gasteiger partial charge in [0, 0.05) is 5.52 Å². The van der Waals surface area contributed by atoms with Gasteiger partial charge in [-0.1, -0.05) is 31.7 Å². The van der Waals surface area contributed by atoms with Gasteiger partial charge in [-0.05, 0) is 55.5 Å². The molecule has 98 valence electrons. The molecule has 1 saturated carbocycles. The van der Waals surface area contributed by atoms with Gasteiger partial charge in [0.25, 0.3) is 0 Å². The molecule has 0 amide bonds. The van der Waals surface area contributed by atoms with E-state index in [0.29, 0.717) is 11.2 Å². The van der Waals surface area contributed by atoms with Crippen LogP contribution in [0, 0.1) is 27.7 Å². The Balaban J connectivity index is 0.00000180. The summed E-state index contributed by atoms with van der Waals surface area (Å²) in [5, 5.41) is 0. The molecule has 19 heavy (non-hydrogen) atoms. The van der Waals surface area contributed by atoms with Gasteiger partial charge in [0.2, 0.25) is 0 Å². The molecule has 0 aliphatic heterocycles. The van der Waals surface area contributed by atoms with Gasteiger partial charge in [-0.3, -0.25) is 0 Å². The summed E-state index contributed by atoms with van der Waals surface area (Å²) in [4.78, 5) is 12.5. The first-order valence-corrected chi connectivity index (χ1v) is 7.79. The Hall–Kier alpha value is -0.0826. The van der Waals surface area contributed by atoms with Gasteiger partial charge in [-0.2, -0.15) is 5.66 Å². The van der Waals surface area contributed by atoms with Crippen LogP contribution in [0.5, 0.6) is 0 Å². The van der Waals surface area contributed by atoms with E-state index in [1.165, 1.54) is 47.9 Å².